The third-order valence-corrected chi connectivity index (χ3v) is 3.74. The summed E-state index contributed by atoms with van der Waals surface area (Å²) in [5.41, 5.74) is -0.349. The summed E-state index contributed by atoms with van der Waals surface area (Å²) in [5, 5.41) is 7.86. The van der Waals surface area contributed by atoms with Gasteiger partial charge >= 0.3 is 0 Å². The van der Waals surface area contributed by atoms with E-state index in [4.69, 9.17) is 0 Å². The highest BCUT2D eigenvalue weighted by molar-refractivity contribution is 9.10. The maximum atomic E-state index is 12.4. The molecule has 0 radical (unpaired) electrons. The lowest BCUT2D eigenvalue weighted by molar-refractivity contribution is -0.122. The molecule has 6 heteroatoms. The Morgan fingerprint density at radius 1 is 1.33 bits per heavy atom. The van der Waals surface area contributed by atoms with Gasteiger partial charge in [-0.15, -0.1) is 0 Å². The highest BCUT2D eigenvalue weighted by Crippen LogP contribution is 2.38. The van der Waals surface area contributed by atoms with E-state index in [2.05, 4.69) is 26.2 Å². The van der Waals surface area contributed by atoms with Crippen LogP contribution >= 0.6 is 15.9 Å². The van der Waals surface area contributed by atoms with Crippen molar-refractivity contribution in [3.05, 3.63) is 28.7 Å². The third kappa shape index (κ3) is 1.59. The van der Waals surface area contributed by atoms with Crippen LogP contribution in [0.2, 0.25) is 0 Å². The topological polar surface area (TPSA) is 62.1 Å². The number of hydrogen-bond acceptors (Lipinski definition) is 4. The number of carbonyl (C=O) groups is 2. The number of azo groups is 1. The van der Waals surface area contributed by atoms with Gasteiger partial charge < -0.3 is 0 Å². The lowest BCUT2D eigenvalue weighted by Gasteiger charge is -2.17. The summed E-state index contributed by atoms with van der Waals surface area (Å²) in [6.07, 6.45) is 0.657. The molecule has 2 aliphatic heterocycles. The van der Waals surface area contributed by atoms with Crippen molar-refractivity contribution in [3.8, 4) is 0 Å². The van der Waals surface area contributed by atoms with E-state index in [1.165, 1.54) is 4.90 Å². The van der Waals surface area contributed by atoms with Crippen molar-refractivity contribution in [1.29, 1.82) is 0 Å². The Labute approximate surface area is 112 Å². The monoisotopic (exact) mass is 307 g/mol. The van der Waals surface area contributed by atoms with Crippen LogP contribution in [0.5, 0.6) is 0 Å². The molecule has 2 aliphatic rings. The Morgan fingerprint density at radius 3 is 2.83 bits per heavy atom. The molecule has 92 valence electrons. The molecule has 1 atom stereocenters. The van der Waals surface area contributed by atoms with Crippen molar-refractivity contribution >= 4 is 33.4 Å². The summed E-state index contributed by atoms with van der Waals surface area (Å²) in [6.45, 7) is 0.519. The molecule has 2 amide bonds. The fraction of sp³-hybridized carbons (Fsp3) is 0.333. The number of rotatable bonds is 1. The van der Waals surface area contributed by atoms with Crippen molar-refractivity contribution in [2.24, 2.45) is 10.2 Å². The largest absolute Gasteiger partial charge is 0.274 e. The highest BCUT2D eigenvalue weighted by Gasteiger charge is 2.54. The van der Waals surface area contributed by atoms with Gasteiger partial charge in [0.25, 0.3) is 5.91 Å². The highest BCUT2D eigenvalue weighted by atomic mass is 79.9. The van der Waals surface area contributed by atoms with Gasteiger partial charge in [-0.05, 0) is 18.2 Å². The van der Waals surface area contributed by atoms with Crippen molar-refractivity contribution in [2.45, 2.75) is 18.4 Å². The summed E-state index contributed by atoms with van der Waals surface area (Å²) >= 11 is 3.33. The number of nitrogens with zero attached hydrogens (tertiary/aromatic N) is 3. The molecule has 0 aliphatic carbocycles. The first-order valence-electron chi connectivity index (χ1n) is 5.64. The Kier molecular flexibility index (Phi) is 2.55. The molecule has 1 spiro atoms. The molecule has 5 nitrogen and oxygen atoms in total. The van der Waals surface area contributed by atoms with E-state index in [1.54, 1.807) is 18.2 Å². The van der Waals surface area contributed by atoms with E-state index in [0.29, 0.717) is 18.7 Å². The number of carbonyl (C=O) groups excluding carboxylic acids is 2. The molecule has 2 heterocycles. The zero-order valence-corrected chi connectivity index (χ0v) is 11.1. The molecule has 1 unspecified atom stereocenters. The second-order valence-corrected chi connectivity index (χ2v) is 5.35. The van der Waals surface area contributed by atoms with E-state index in [9.17, 15) is 9.59 Å². The first kappa shape index (κ1) is 11.5. The van der Waals surface area contributed by atoms with Crippen LogP contribution in [0.1, 0.15) is 12.8 Å². The van der Waals surface area contributed by atoms with E-state index in [0.717, 1.165) is 4.47 Å². The van der Waals surface area contributed by atoms with Crippen molar-refractivity contribution < 1.29 is 9.59 Å². The van der Waals surface area contributed by atoms with Crippen LogP contribution in [0.25, 0.3) is 0 Å². The lowest BCUT2D eigenvalue weighted by Crippen LogP contribution is -2.38. The predicted molar refractivity (Wildman–Crippen MR) is 68.3 cm³/mol. The van der Waals surface area contributed by atoms with Gasteiger partial charge in [0, 0.05) is 10.9 Å². The van der Waals surface area contributed by atoms with Crippen LogP contribution in [-0.2, 0) is 9.59 Å². The molecule has 1 aromatic rings. The van der Waals surface area contributed by atoms with Gasteiger partial charge in [0.15, 0.2) is 5.54 Å². The van der Waals surface area contributed by atoms with Crippen LogP contribution in [0.15, 0.2) is 39.0 Å². The number of halogens is 1. The minimum atomic E-state index is -0.931. The van der Waals surface area contributed by atoms with Gasteiger partial charge in [0.2, 0.25) is 5.91 Å². The second-order valence-electron chi connectivity index (χ2n) is 4.44. The number of hydrogen-bond donors (Lipinski definition) is 0. The number of amides is 2. The van der Waals surface area contributed by atoms with Gasteiger partial charge in [-0.3, -0.25) is 9.59 Å². The summed E-state index contributed by atoms with van der Waals surface area (Å²) in [7, 11) is 0. The standard InChI is InChI=1S/C12H10BrN3O2/c13-8-2-1-3-9(6-8)16-10(17)7-12(11(16)18)4-5-14-15-12/h1-3,6H,4-5,7H2. The van der Waals surface area contributed by atoms with E-state index in [1.807, 2.05) is 6.07 Å². The minimum Gasteiger partial charge on any atom is -0.274 e. The zero-order chi connectivity index (χ0) is 12.8. The van der Waals surface area contributed by atoms with Gasteiger partial charge in [0.1, 0.15) is 0 Å². The van der Waals surface area contributed by atoms with Crippen molar-refractivity contribution in [3.63, 3.8) is 0 Å². The third-order valence-electron chi connectivity index (χ3n) is 3.25. The summed E-state index contributed by atoms with van der Waals surface area (Å²) < 4.78 is 0.828. The summed E-state index contributed by atoms with van der Waals surface area (Å²) in [5.74, 6) is -0.467. The SMILES string of the molecule is O=C1CC2(CCN=N2)C(=O)N1c1cccc(Br)c1. The Hall–Kier alpha value is -1.56. The van der Waals surface area contributed by atoms with Crippen LogP contribution < -0.4 is 4.90 Å². The fourth-order valence-electron chi connectivity index (χ4n) is 2.35. The van der Waals surface area contributed by atoms with E-state index < -0.39 is 5.54 Å². The minimum absolute atomic E-state index is 0.127. The molecular formula is C12H10BrN3O2. The maximum absolute atomic E-state index is 12.4. The summed E-state index contributed by atoms with van der Waals surface area (Å²) in [4.78, 5) is 25.7. The van der Waals surface area contributed by atoms with Crippen molar-refractivity contribution in [1.82, 2.24) is 0 Å². The van der Waals surface area contributed by atoms with Crippen LogP contribution in [0.3, 0.4) is 0 Å². The zero-order valence-electron chi connectivity index (χ0n) is 9.47. The van der Waals surface area contributed by atoms with Gasteiger partial charge in [-0.1, -0.05) is 22.0 Å². The quantitative estimate of drug-likeness (QED) is 0.747. The van der Waals surface area contributed by atoms with Crippen LogP contribution in [0, 0.1) is 0 Å². The lowest BCUT2D eigenvalue weighted by atomic mass is 9.96. The van der Waals surface area contributed by atoms with E-state index in [-0.39, 0.29) is 18.2 Å². The second kappa shape index (κ2) is 3.98. The average molecular weight is 308 g/mol. The number of imide groups is 1. The Balaban J connectivity index is 2.01. The molecule has 1 fully saturated rings. The number of anilines is 1. The van der Waals surface area contributed by atoms with E-state index >= 15 is 0 Å². The normalized spacial score (nSPS) is 26.6. The molecule has 18 heavy (non-hydrogen) atoms. The smallest absolute Gasteiger partial charge is 0.264 e. The fourth-order valence-corrected chi connectivity index (χ4v) is 2.73. The molecule has 1 aromatic carbocycles. The van der Waals surface area contributed by atoms with Gasteiger partial charge in [0.05, 0.1) is 18.7 Å². The van der Waals surface area contributed by atoms with Crippen molar-refractivity contribution in [2.75, 3.05) is 11.4 Å². The molecule has 1 saturated heterocycles. The van der Waals surface area contributed by atoms with Gasteiger partial charge in [-0.25, -0.2) is 4.90 Å². The first-order valence-corrected chi connectivity index (χ1v) is 6.43. The molecule has 0 bridgehead atoms. The van der Waals surface area contributed by atoms with Gasteiger partial charge in [-0.2, -0.15) is 10.2 Å². The average Bonchev–Trinajstić information content (AvgIpc) is 2.87. The molecule has 3 rings (SSSR count). The first-order chi connectivity index (χ1) is 8.62. The van der Waals surface area contributed by atoms with Crippen LogP contribution in [-0.4, -0.2) is 23.9 Å². The Bertz CT molecular complexity index is 572. The maximum Gasteiger partial charge on any atom is 0.264 e. The molecule has 0 N–H and O–H groups in total. The number of benzene rings is 1. The Morgan fingerprint density at radius 2 is 2.17 bits per heavy atom. The molecular weight excluding hydrogens is 298 g/mol. The predicted octanol–water partition coefficient (Wildman–Crippen LogP) is 2.31. The molecule has 0 saturated carbocycles. The summed E-state index contributed by atoms with van der Waals surface area (Å²) in [6, 6.07) is 7.13. The molecule has 0 aromatic heterocycles. The van der Waals surface area contributed by atoms with Crippen LogP contribution in [0.4, 0.5) is 5.69 Å².